The lowest BCUT2D eigenvalue weighted by Gasteiger charge is -2.24. The molecular formula is C9H13N3O2S. The summed E-state index contributed by atoms with van der Waals surface area (Å²) in [6, 6.07) is -0.299. The summed E-state index contributed by atoms with van der Waals surface area (Å²) >= 11 is 1.63. The van der Waals surface area contributed by atoms with Gasteiger partial charge in [0, 0.05) is 18.7 Å². The molecule has 1 unspecified atom stereocenters. The predicted octanol–water partition coefficient (Wildman–Crippen LogP) is -0.126. The first-order valence-corrected chi connectivity index (χ1v) is 6.02. The van der Waals surface area contributed by atoms with Gasteiger partial charge in [0.1, 0.15) is 6.04 Å². The van der Waals surface area contributed by atoms with Crippen molar-refractivity contribution < 1.29 is 9.59 Å². The van der Waals surface area contributed by atoms with Gasteiger partial charge in [-0.2, -0.15) is 0 Å². The molecule has 0 aromatic heterocycles. The number of aliphatic imine (C=N–C) groups is 1. The van der Waals surface area contributed by atoms with Gasteiger partial charge in [-0.1, -0.05) is 11.8 Å². The maximum atomic E-state index is 11.4. The summed E-state index contributed by atoms with van der Waals surface area (Å²) in [7, 11) is 0. The van der Waals surface area contributed by atoms with E-state index in [4.69, 9.17) is 0 Å². The van der Waals surface area contributed by atoms with Crippen molar-refractivity contribution in [2.45, 2.75) is 25.3 Å². The van der Waals surface area contributed by atoms with Crippen molar-refractivity contribution in [2.75, 3.05) is 12.3 Å². The maximum Gasteiger partial charge on any atom is 0.249 e. The Morgan fingerprint density at radius 1 is 1.47 bits per heavy atom. The van der Waals surface area contributed by atoms with E-state index in [-0.39, 0.29) is 17.9 Å². The van der Waals surface area contributed by atoms with Crippen LogP contribution in [0.25, 0.3) is 0 Å². The Morgan fingerprint density at radius 2 is 2.33 bits per heavy atom. The summed E-state index contributed by atoms with van der Waals surface area (Å²) < 4.78 is 0. The van der Waals surface area contributed by atoms with Crippen LogP contribution in [0.4, 0.5) is 0 Å². The number of thioether (sulfide) groups is 1. The molecule has 82 valence electrons. The molecule has 0 aromatic carbocycles. The van der Waals surface area contributed by atoms with E-state index in [1.54, 1.807) is 11.8 Å². The Hall–Kier alpha value is -1.04. The summed E-state index contributed by atoms with van der Waals surface area (Å²) in [5.74, 6) is 0.621. The van der Waals surface area contributed by atoms with Crippen LogP contribution in [-0.2, 0) is 9.59 Å². The summed E-state index contributed by atoms with van der Waals surface area (Å²) in [5.41, 5.74) is 0. The minimum atomic E-state index is -0.299. The monoisotopic (exact) mass is 227 g/mol. The lowest BCUT2D eigenvalue weighted by molar-refractivity contribution is -0.134. The third kappa shape index (κ3) is 2.71. The van der Waals surface area contributed by atoms with Crippen LogP contribution in [0.2, 0.25) is 0 Å². The molecule has 2 aliphatic rings. The van der Waals surface area contributed by atoms with Crippen LogP contribution in [0.5, 0.6) is 0 Å². The summed E-state index contributed by atoms with van der Waals surface area (Å²) in [6.07, 6.45) is 2.05. The lowest BCUT2D eigenvalue weighted by atomic mass is 10.1. The van der Waals surface area contributed by atoms with Crippen LogP contribution in [-0.4, -0.2) is 35.3 Å². The van der Waals surface area contributed by atoms with E-state index in [1.165, 1.54) is 0 Å². The van der Waals surface area contributed by atoms with Crippen LogP contribution in [0.15, 0.2) is 4.99 Å². The number of hydrogen-bond acceptors (Lipinski definition) is 5. The second-order valence-corrected chi connectivity index (χ2v) is 4.62. The molecule has 0 saturated carbocycles. The number of piperidine rings is 1. The highest BCUT2D eigenvalue weighted by atomic mass is 32.2. The molecular weight excluding hydrogens is 214 g/mol. The lowest BCUT2D eigenvalue weighted by Crippen LogP contribution is -2.52. The largest absolute Gasteiger partial charge is 0.353 e. The number of rotatable bonds is 1. The molecule has 2 rings (SSSR count). The minimum absolute atomic E-state index is 0.184. The molecule has 2 aliphatic heterocycles. The Labute approximate surface area is 92.1 Å². The SMILES string of the molecule is O=C1CCC(NC2=NCCCS2)C(=O)N1. The first-order chi connectivity index (χ1) is 7.25. The molecule has 2 amide bonds. The highest BCUT2D eigenvalue weighted by molar-refractivity contribution is 8.13. The van der Waals surface area contributed by atoms with Crippen molar-refractivity contribution in [1.29, 1.82) is 0 Å². The molecule has 15 heavy (non-hydrogen) atoms. The average molecular weight is 227 g/mol. The predicted molar refractivity (Wildman–Crippen MR) is 58.7 cm³/mol. The van der Waals surface area contributed by atoms with Crippen molar-refractivity contribution in [3.8, 4) is 0 Å². The molecule has 0 bridgehead atoms. The molecule has 6 heteroatoms. The van der Waals surface area contributed by atoms with Gasteiger partial charge in [0.05, 0.1) is 0 Å². The highest BCUT2D eigenvalue weighted by Gasteiger charge is 2.27. The standard InChI is InChI=1S/C9H13N3O2S/c13-7-3-2-6(8(14)12-7)11-9-10-4-1-5-15-9/h6H,1-5H2,(H,10,11)(H,12,13,14). The van der Waals surface area contributed by atoms with Crippen LogP contribution in [0.3, 0.4) is 0 Å². The number of nitrogens with zero attached hydrogens (tertiary/aromatic N) is 1. The third-order valence-electron chi connectivity index (χ3n) is 2.33. The number of carbonyl (C=O) groups excluding carboxylic acids is 2. The number of imide groups is 1. The van der Waals surface area contributed by atoms with Gasteiger partial charge in [-0.15, -0.1) is 0 Å². The van der Waals surface area contributed by atoms with Crippen molar-refractivity contribution in [1.82, 2.24) is 10.6 Å². The van der Waals surface area contributed by atoms with E-state index in [9.17, 15) is 9.59 Å². The van der Waals surface area contributed by atoms with Gasteiger partial charge in [0.25, 0.3) is 0 Å². The topological polar surface area (TPSA) is 70.6 Å². The molecule has 0 aliphatic carbocycles. The van der Waals surface area contributed by atoms with Crippen molar-refractivity contribution in [3.05, 3.63) is 0 Å². The number of amidine groups is 1. The Bertz CT molecular complexity index is 316. The summed E-state index contributed by atoms with van der Waals surface area (Å²) in [4.78, 5) is 26.6. The molecule has 2 heterocycles. The Kier molecular flexibility index (Phi) is 3.25. The molecule has 1 saturated heterocycles. The molecule has 0 aromatic rings. The van der Waals surface area contributed by atoms with E-state index in [0.717, 1.165) is 23.9 Å². The van der Waals surface area contributed by atoms with Crippen LogP contribution < -0.4 is 10.6 Å². The maximum absolute atomic E-state index is 11.4. The number of hydrogen-bond donors (Lipinski definition) is 2. The highest BCUT2D eigenvalue weighted by Crippen LogP contribution is 2.13. The van der Waals surface area contributed by atoms with Gasteiger partial charge in [0.15, 0.2) is 5.17 Å². The molecule has 2 N–H and O–H groups in total. The molecule has 5 nitrogen and oxygen atoms in total. The number of amides is 2. The van der Waals surface area contributed by atoms with Gasteiger partial charge in [-0.25, -0.2) is 0 Å². The van der Waals surface area contributed by atoms with Crippen LogP contribution >= 0.6 is 11.8 Å². The third-order valence-corrected chi connectivity index (χ3v) is 3.35. The zero-order chi connectivity index (χ0) is 10.7. The van der Waals surface area contributed by atoms with Gasteiger partial charge in [-0.05, 0) is 12.8 Å². The molecule has 0 spiro atoms. The summed E-state index contributed by atoms with van der Waals surface area (Å²) in [6.45, 7) is 0.822. The second-order valence-electron chi connectivity index (χ2n) is 3.54. The average Bonchev–Trinajstić information content (AvgIpc) is 2.24. The van der Waals surface area contributed by atoms with E-state index < -0.39 is 0 Å². The first kappa shape index (κ1) is 10.5. The second kappa shape index (κ2) is 4.65. The fraction of sp³-hybridized carbons (Fsp3) is 0.667. The van der Waals surface area contributed by atoms with Gasteiger partial charge >= 0.3 is 0 Å². The number of carbonyl (C=O) groups is 2. The Morgan fingerprint density at radius 3 is 3.00 bits per heavy atom. The van der Waals surface area contributed by atoms with Crippen molar-refractivity contribution in [2.24, 2.45) is 4.99 Å². The quantitative estimate of drug-likeness (QED) is 0.612. The normalized spacial score (nSPS) is 26.9. The fourth-order valence-electron chi connectivity index (χ4n) is 1.53. The molecule has 1 fully saturated rings. The van der Waals surface area contributed by atoms with Crippen LogP contribution in [0.1, 0.15) is 19.3 Å². The van der Waals surface area contributed by atoms with E-state index in [1.807, 2.05) is 0 Å². The van der Waals surface area contributed by atoms with E-state index in [0.29, 0.717) is 12.8 Å². The van der Waals surface area contributed by atoms with E-state index in [2.05, 4.69) is 15.6 Å². The zero-order valence-corrected chi connectivity index (χ0v) is 9.10. The Balaban J connectivity index is 1.91. The van der Waals surface area contributed by atoms with E-state index >= 15 is 0 Å². The minimum Gasteiger partial charge on any atom is -0.353 e. The van der Waals surface area contributed by atoms with Crippen molar-refractivity contribution >= 4 is 28.7 Å². The van der Waals surface area contributed by atoms with Crippen LogP contribution in [0, 0.1) is 0 Å². The van der Waals surface area contributed by atoms with Crippen molar-refractivity contribution in [3.63, 3.8) is 0 Å². The number of nitrogens with one attached hydrogen (secondary N) is 2. The van der Waals surface area contributed by atoms with Gasteiger partial charge in [0.2, 0.25) is 11.8 Å². The summed E-state index contributed by atoms with van der Waals surface area (Å²) in [5, 5.41) is 6.22. The fourth-order valence-corrected chi connectivity index (χ4v) is 2.40. The zero-order valence-electron chi connectivity index (χ0n) is 8.28. The smallest absolute Gasteiger partial charge is 0.249 e. The van der Waals surface area contributed by atoms with Gasteiger partial charge in [-0.3, -0.25) is 19.9 Å². The molecule has 1 atom stereocenters. The molecule has 0 radical (unpaired) electrons. The van der Waals surface area contributed by atoms with Gasteiger partial charge < -0.3 is 5.32 Å². The first-order valence-electron chi connectivity index (χ1n) is 5.03.